The van der Waals surface area contributed by atoms with Crippen LogP contribution >= 0.6 is 22.6 Å². The second kappa shape index (κ2) is 4.86. The summed E-state index contributed by atoms with van der Waals surface area (Å²) < 4.78 is 2.76. The molecule has 2 aromatic rings. The average Bonchev–Trinajstić information content (AvgIpc) is 2.82. The third-order valence-electron chi connectivity index (χ3n) is 2.21. The van der Waals surface area contributed by atoms with E-state index >= 15 is 0 Å². The van der Waals surface area contributed by atoms with Crippen LogP contribution in [0, 0.1) is 10.5 Å². The first-order chi connectivity index (χ1) is 8.06. The normalized spacial score (nSPS) is 10.5. The van der Waals surface area contributed by atoms with Crippen molar-refractivity contribution >= 4 is 28.5 Å². The molecule has 0 aliphatic heterocycles. The molecule has 1 amide bonds. The number of aromatic nitrogens is 4. The predicted octanol–water partition coefficient (Wildman–Crippen LogP) is 0.986. The van der Waals surface area contributed by atoms with Crippen LogP contribution in [0.1, 0.15) is 21.9 Å². The van der Waals surface area contributed by atoms with Crippen molar-refractivity contribution in [3.8, 4) is 0 Å². The van der Waals surface area contributed by atoms with Gasteiger partial charge in [0.25, 0.3) is 5.91 Å². The summed E-state index contributed by atoms with van der Waals surface area (Å²) in [6.07, 6.45) is 1.90. The molecule has 0 atom stereocenters. The maximum absolute atomic E-state index is 11.7. The zero-order valence-electron chi connectivity index (χ0n) is 9.49. The van der Waals surface area contributed by atoms with Crippen molar-refractivity contribution in [3.63, 3.8) is 0 Å². The first kappa shape index (κ1) is 12.1. The summed E-state index contributed by atoms with van der Waals surface area (Å²) in [6.45, 7) is 2.26. The minimum Gasteiger partial charge on any atom is -0.345 e. The highest BCUT2D eigenvalue weighted by Gasteiger charge is 2.11. The summed E-state index contributed by atoms with van der Waals surface area (Å²) in [7, 11) is 1.85. The molecule has 0 saturated heterocycles. The number of hydrogen-bond acceptors (Lipinski definition) is 3. The van der Waals surface area contributed by atoms with Crippen LogP contribution in [0.2, 0.25) is 0 Å². The SMILES string of the molecule is Cc1cc(C(=O)NCc2nn(C)cc2I)n[nH]1. The van der Waals surface area contributed by atoms with Gasteiger partial charge in [-0.2, -0.15) is 10.2 Å². The predicted molar refractivity (Wildman–Crippen MR) is 70.4 cm³/mol. The molecule has 7 heteroatoms. The van der Waals surface area contributed by atoms with Gasteiger partial charge in [-0.15, -0.1) is 0 Å². The minimum absolute atomic E-state index is 0.198. The number of H-pyrrole nitrogens is 1. The van der Waals surface area contributed by atoms with E-state index in [2.05, 4.69) is 43.2 Å². The lowest BCUT2D eigenvalue weighted by Gasteiger charge is -2.00. The smallest absolute Gasteiger partial charge is 0.272 e. The number of rotatable bonds is 3. The van der Waals surface area contributed by atoms with Gasteiger partial charge >= 0.3 is 0 Å². The zero-order chi connectivity index (χ0) is 12.4. The van der Waals surface area contributed by atoms with Crippen molar-refractivity contribution in [1.82, 2.24) is 25.3 Å². The molecule has 2 aromatic heterocycles. The molecule has 90 valence electrons. The Kier molecular flexibility index (Phi) is 3.46. The third kappa shape index (κ3) is 2.84. The second-order valence-corrected chi connectivity index (χ2v) is 4.88. The fourth-order valence-corrected chi connectivity index (χ4v) is 2.12. The van der Waals surface area contributed by atoms with Gasteiger partial charge in [-0.1, -0.05) is 0 Å². The Morgan fingerprint density at radius 1 is 1.65 bits per heavy atom. The molecule has 0 aromatic carbocycles. The van der Waals surface area contributed by atoms with E-state index in [1.807, 2.05) is 20.2 Å². The Bertz CT molecular complexity index is 545. The van der Waals surface area contributed by atoms with Crippen molar-refractivity contribution in [3.05, 3.63) is 32.9 Å². The molecule has 17 heavy (non-hydrogen) atoms. The van der Waals surface area contributed by atoms with E-state index in [9.17, 15) is 4.79 Å². The lowest BCUT2D eigenvalue weighted by Crippen LogP contribution is -2.23. The van der Waals surface area contributed by atoms with Gasteiger partial charge in [0.05, 0.1) is 15.8 Å². The summed E-state index contributed by atoms with van der Waals surface area (Å²) in [6, 6.07) is 1.71. The minimum atomic E-state index is -0.198. The number of carbonyl (C=O) groups excluding carboxylic acids is 1. The van der Waals surface area contributed by atoms with Gasteiger partial charge in [0.15, 0.2) is 0 Å². The molecule has 0 aliphatic rings. The lowest BCUT2D eigenvalue weighted by atomic mass is 10.3. The van der Waals surface area contributed by atoms with Crippen LogP contribution in [0.25, 0.3) is 0 Å². The van der Waals surface area contributed by atoms with E-state index < -0.39 is 0 Å². The summed E-state index contributed by atoms with van der Waals surface area (Å²) in [5.41, 5.74) is 2.12. The first-order valence-corrected chi connectivity index (χ1v) is 6.12. The molecule has 0 bridgehead atoms. The fourth-order valence-electron chi connectivity index (χ4n) is 1.41. The largest absolute Gasteiger partial charge is 0.345 e. The number of aromatic amines is 1. The van der Waals surface area contributed by atoms with Crippen LogP contribution in [-0.2, 0) is 13.6 Å². The third-order valence-corrected chi connectivity index (χ3v) is 3.11. The van der Waals surface area contributed by atoms with Crippen molar-refractivity contribution in [2.24, 2.45) is 7.05 Å². The summed E-state index contributed by atoms with van der Waals surface area (Å²) >= 11 is 2.19. The second-order valence-electron chi connectivity index (χ2n) is 3.72. The van der Waals surface area contributed by atoms with E-state index in [0.29, 0.717) is 12.2 Å². The van der Waals surface area contributed by atoms with Crippen LogP contribution < -0.4 is 5.32 Å². The number of hydrogen-bond donors (Lipinski definition) is 2. The van der Waals surface area contributed by atoms with Gasteiger partial charge in [-0.3, -0.25) is 14.6 Å². The van der Waals surface area contributed by atoms with E-state index in [-0.39, 0.29) is 5.91 Å². The molecule has 2 rings (SSSR count). The lowest BCUT2D eigenvalue weighted by molar-refractivity contribution is 0.0945. The molecule has 0 fully saturated rings. The Morgan fingerprint density at radius 3 is 2.94 bits per heavy atom. The van der Waals surface area contributed by atoms with Crippen LogP contribution in [0.4, 0.5) is 0 Å². The number of halogens is 1. The van der Waals surface area contributed by atoms with Crippen molar-refractivity contribution in [2.75, 3.05) is 0 Å². The van der Waals surface area contributed by atoms with E-state index in [0.717, 1.165) is 15.0 Å². The highest BCUT2D eigenvalue weighted by atomic mass is 127. The zero-order valence-corrected chi connectivity index (χ0v) is 11.6. The molecular formula is C10H12IN5O. The molecule has 2 N–H and O–H groups in total. The van der Waals surface area contributed by atoms with Gasteiger partial charge in [0.1, 0.15) is 5.69 Å². The summed E-state index contributed by atoms with van der Waals surface area (Å²) in [5, 5.41) is 13.7. The van der Waals surface area contributed by atoms with Gasteiger partial charge in [0.2, 0.25) is 0 Å². The Morgan fingerprint density at radius 2 is 2.41 bits per heavy atom. The van der Waals surface area contributed by atoms with Crippen LogP contribution in [-0.4, -0.2) is 25.9 Å². The highest BCUT2D eigenvalue weighted by Crippen LogP contribution is 2.09. The van der Waals surface area contributed by atoms with E-state index in [1.54, 1.807) is 10.7 Å². The van der Waals surface area contributed by atoms with Crippen LogP contribution in [0.15, 0.2) is 12.3 Å². The quantitative estimate of drug-likeness (QED) is 0.815. The van der Waals surface area contributed by atoms with E-state index in [4.69, 9.17) is 0 Å². The Balaban J connectivity index is 1.99. The van der Waals surface area contributed by atoms with Gasteiger partial charge in [-0.05, 0) is 35.6 Å². The number of nitrogens with one attached hydrogen (secondary N) is 2. The topological polar surface area (TPSA) is 75.6 Å². The summed E-state index contributed by atoms with van der Waals surface area (Å²) in [5.74, 6) is -0.198. The Hall–Kier alpha value is -1.38. The Labute approximate surface area is 112 Å². The van der Waals surface area contributed by atoms with Crippen molar-refractivity contribution < 1.29 is 4.79 Å². The average molecular weight is 345 g/mol. The van der Waals surface area contributed by atoms with Crippen LogP contribution in [0.5, 0.6) is 0 Å². The van der Waals surface area contributed by atoms with Gasteiger partial charge in [0, 0.05) is 18.9 Å². The van der Waals surface area contributed by atoms with Gasteiger partial charge < -0.3 is 5.32 Å². The first-order valence-electron chi connectivity index (χ1n) is 5.04. The number of nitrogens with zero attached hydrogens (tertiary/aromatic N) is 3. The molecule has 0 aliphatic carbocycles. The monoisotopic (exact) mass is 345 g/mol. The molecule has 0 saturated carbocycles. The van der Waals surface area contributed by atoms with Gasteiger partial charge in [-0.25, -0.2) is 0 Å². The molecule has 6 nitrogen and oxygen atoms in total. The molecule has 2 heterocycles. The molecule has 0 spiro atoms. The number of amides is 1. The molecule has 0 unspecified atom stereocenters. The fraction of sp³-hybridized carbons (Fsp3) is 0.300. The molecule has 0 radical (unpaired) electrons. The number of aryl methyl sites for hydroxylation is 2. The van der Waals surface area contributed by atoms with Crippen molar-refractivity contribution in [2.45, 2.75) is 13.5 Å². The molecular weight excluding hydrogens is 333 g/mol. The maximum Gasteiger partial charge on any atom is 0.272 e. The van der Waals surface area contributed by atoms with E-state index in [1.165, 1.54) is 0 Å². The maximum atomic E-state index is 11.7. The van der Waals surface area contributed by atoms with Crippen molar-refractivity contribution in [1.29, 1.82) is 0 Å². The highest BCUT2D eigenvalue weighted by molar-refractivity contribution is 14.1. The summed E-state index contributed by atoms with van der Waals surface area (Å²) in [4.78, 5) is 11.7. The standard InChI is InChI=1S/C10H12IN5O/c1-6-3-8(14-13-6)10(17)12-4-9-7(11)5-16(2)15-9/h3,5H,4H2,1-2H3,(H,12,17)(H,13,14). The van der Waals surface area contributed by atoms with Crippen LogP contribution in [0.3, 0.4) is 0 Å². The number of carbonyl (C=O) groups is 1.